The van der Waals surface area contributed by atoms with Gasteiger partial charge in [-0.1, -0.05) is 5.21 Å². The van der Waals surface area contributed by atoms with Gasteiger partial charge in [-0.2, -0.15) is 4.68 Å². The van der Waals surface area contributed by atoms with E-state index in [0.717, 1.165) is 4.68 Å². The van der Waals surface area contributed by atoms with Gasteiger partial charge in [0.2, 0.25) is 11.6 Å². The summed E-state index contributed by atoms with van der Waals surface area (Å²) in [5.74, 6) is -1.18. The lowest BCUT2D eigenvalue weighted by Gasteiger charge is -2.03. The minimum Gasteiger partial charge on any atom is -0.476 e. The third-order valence-electron chi connectivity index (χ3n) is 2.52. The average molecular weight is 273 g/mol. The van der Waals surface area contributed by atoms with Crippen molar-refractivity contribution in [3.05, 3.63) is 30.2 Å². The Bertz CT molecular complexity index is 764. The van der Waals surface area contributed by atoms with Crippen molar-refractivity contribution in [3.8, 4) is 17.1 Å². The van der Waals surface area contributed by atoms with Gasteiger partial charge in [-0.3, -0.25) is 4.98 Å². The van der Waals surface area contributed by atoms with Crippen LogP contribution in [0.15, 0.2) is 29.2 Å². The maximum Gasteiger partial charge on any atom is 0.358 e. The molecule has 0 fully saturated rings. The van der Waals surface area contributed by atoms with E-state index in [1.54, 1.807) is 12.1 Å². The number of nitrogens with zero attached hydrogens (tertiary/aromatic N) is 6. The van der Waals surface area contributed by atoms with E-state index in [-0.39, 0.29) is 23.0 Å². The second-order valence-corrected chi connectivity index (χ2v) is 3.71. The Morgan fingerprint density at radius 1 is 1.30 bits per heavy atom. The highest BCUT2D eigenvalue weighted by atomic mass is 16.6. The Hall–Kier alpha value is -3.30. The molecule has 3 aromatic heterocycles. The fourth-order valence-corrected chi connectivity index (χ4v) is 1.68. The van der Waals surface area contributed by atoms with E-state index < -0.39 is 5.97 Å². The number of anilines is 1. The van der Waals surface area contributed by atoms with Gasteiger partial charge in [0.25, 0.3) is 0 Å². The van der Waals surface area contributed by atoms with Crippen LogP contribution in [0.4, 0.5) is 5.82 Å². The first-order valence-electron chi connectivity index (χ1n) is 5.36. The summed E-state index contributed by atoms with van der Waals surface area (Å²) in [6, 6.07) is 3.23. The summed E-state index contributed by atoms with van der Waals surface area (Å²) >= 11 is 0. The summed E-state index contributed by atoms with van der Waals surface area (Å²) in [4.78, 5) is 15.1. The first kappa shape index (κ1) is 11.8. The number of carboxylic acid groups (broad SMARTS) is 1. The molecular formula is C10H7N7O3. The molecule has 0 aliphatic heterocycles. The number of hydrogen-bond acceptors (Lipinski definition) is 8. The van der Waals surface area contributed by atoms with Crippen LogP contribution in [0.25, 0.3) is 17.1 Å². The maximum absolute atomic E-state index is 11.2. The molecule has 0 unspecified atom stereocenters. The monoisotopic (exact) mass is 273 g/mol. The van der Waals surface area contributed by atoms with E-state index in [2.05, 4.69) is 30.2 Å². The predicted octanol–water partition coefficient (Wildman–Crippen LogP) is -0.00730. The van der Waals surface area contributed by atoms with Crippen molar-refractivity contribution in [1.82, 2.24) is 30.3 Å². The number of carboxylic acids is 1. The van der Waals surface area contributed by atoms with Crippen LogP contribution >= 0.6 is 0 Å². The topological polar surface area (TPSA) is 146 Å². The van der Waals surface area contributed by atoms with Crippen molar-refractivity contribution in [2.45, 2.75) is 0 Å². The lowest BCUT2D eigenvalue weighted by Crippen LogP contribution is -2.05. The third kappa shape index (κ3) is 1.75. The molecule has 0 aromatic carbocycles. The van der Waals surface area contributed by atoms with Gasteiger partial charge in [0.05, 0.1) is 0 Å². The molecular weight excluding hydrogens is 266 g/mol. The summed E-state index contributed by atoms with van der Waals surface area (Å²) in [7, 11) is 0. The van der Waals surface area contributed by atoms with Crippen molar-refractivity contribution < 1.29 is 14.5 Å². The van der Waals surface area contributed by atoms with Crippen LogP contribution < -0.4 is 5.73 Å². The third-order valence-corrected chi connectivity index (χ3v) is 2.52. The average Bonchev–Trinajstić information content (AvgIpc) is 3.05. The molecule has 10 heteroatoms. The molecule has 100 valence electrons. The zero-order chi connectivity index (χ0) is 14.1. The van der Waals surface area contributed by atoms with Gasteiger partial charge < -0.3 is 10.8 Å². The Morgan fingerprint density at radius 2 is 2.05 bits per heavy atom. The molecule has 3 N–H and O–H groups in total. The second kappa shape index (κ2) is 4.42. The molecule has 3 aromatic rings. The zero-order valence-electron chi connectivity index (χ0n) is 9.83. The second-order valence-electron chi connectivity index (χ2n) is 3.71. The highest BCUT2D eigenvalue weighted by Crippen LogP contribution is 2.25. The van der Waals surface area contributed by atoms with E-state index in [9.17, 15) is 9.90 Å². The number of pyridine rings is 1. The van der Waals surface area contributed by atoms with E-state index in [4.69, 9.17) is 5.73 Å². The Balaban J connectivity index is 2.27. The maximum atomic E-state index is 11.2. The van der Waals surface area contributed by atoms with Crippen LogP contribution in [0.1, 0.15) is 10.5 Å². The summed E-state index contributed by atoms with van der Waals surface area (Å²) in [6.45, 7) is 0. The van der Waals surface area contributed by atoms with Crippen molar-refractivity contribution in [3.63, 3.8) is 0 Å². The van der Waals surface area contributed by atoms with Crippen LogP contribution in [-0.2, 0) is 0 Å². The minimum absolute atomic E-state index is 0.0258. The van der Waals surface area contributed by atoms with Crippen LogP contribution in [0, 0.1) is 0 Å². The number of aromatic nitrogens is 6. The van der Waals surface area contributed by atoms with Gasteiger partial charge in [0.1, 0.15) is 5.69 Å². The first-order valence-corrected chi connectivity index (χ1v) is 5.36. The lowest BCUT2D eigenvalue weighted by atomic mass is 10.1. The van der Waals surface area contributed by atoms with Gasteiger partial charge in [-0.05, 0) is 22.4 Å². The summed E-state index contributed by atoms with van der Waals surface area (Å²) < 4.78 is 5.64. The Morgan fingerprint density at radius 3 is 2.65 bits per heavy atom. The quantitative estimate of drug-likeness (QED) is 0.672. The van der Waals surface area contributed by atoms with E-state index in [1.807, 2.05) is 0 Å². The zero-order valence-corrected chi connectivity index (χ0v) is 9.83. The van der Waals surface area contributed by atoms with Gasteiger partial charge >= 0.3 is 5.97 Å². The van der Waals surface area contributed by atoms with Crippen LogP contribution in [0.5, 0.6) is 0 Å². The molecule has 0 amide bonds. The lowest BCUT2D eigenvalue weighted by molar-refractivity contribution is 0.0691. The first-order chi connectivity index (χ1) is 9.68. The Kier molecular flexibility index (Phi) is 2.60. The molecule has 0 bridgehead atoms. The van der Waals surface area contributed by atoms with Gasteiger partial charge in [-0.25, -0.2) is 9.42 Å². The van der Waals surface area contributed by atoms with Crippen molar-refractivity contribution in [2.24, 2.45) is 0 Å². The minimum atomic E-state index is -1.22. The van der Waals surface area contributed by atoms with E-state index in [0.29, 0.717) is 5.56 Å². The predicted molar refractivity (Wildman–Crippen MR) is 63.8 cm³/mol. The van der Waals surface area contributed by atoms with E-state index >= 15 is 0 Å². The summed E-state index contributed by atoms with van der Waals surface area (Å²) in [5.41, 5.74) is 6.11. The standard InChI is InChI=1S/C10H7N7O3/c11-8-9(15-20-14-8)17-7(5-1-3-12-4-2-5)6(10(18)19)13-16-17/h1-4H,(H2,11,14)(H,18,19). The smallest absolute Gasteiger partial charge is 0.358 e. The highest BCUT2D eigenvalue weighted by molar-refractivity contribution is 5.93. The number of nitrogen functional groups attached to an aromatic ring is 1. The number of hydrogen-bond donors (Lipinski definition) is 2. The number of nitrogens with two attached hydrogens (primary N) is 1. The number of rotatable bonds is 3. The number of aromatic carboxylic acids is 1. The molecule has 0 aliphatic carbocycles. The van der Waals surface area contributed by atoms with Crippen molar-refractivity contribution in [1.29, 1.82) is 0 Å². The molecule has 0 atom stereocenters. The molecule has 0 radical (unpaired) electrons. The van der Waals surface area contributed by atoms with Crippen molar-refractivity contribution >= 4 is 11.8 Å². The molecule has 3 heterocycles. The Labute approximate surface area is 110 Å². The largest absolute Gasteiger partial charge is 0.476 e. The number of carbonyl (C=O) groups is 1. The molecule has 0 aliphatic rings. The molecule has 10 nitrogen and oxygen atoms in total. The van der Waals surface area contributed by atoms with Crippen LogP contribution in [-0.4, -0.2) is 41.4 Å². The van der Waals surface area contributed by atoms with Gasteiger partial charge in [0.15, 0.2) is 5.69 Å². The van der Waals surface area contributed by atoms with Gasteiger partial charge in [-0.15, -0.1) is 5.10 Å². The van der Waals surface area contributed by atoms with E-state index in [1.165, 1.54) is 12.4 Å². The fraction of sp³-hybridized carbons (Fsp3) is 0. The van der Waals surface area contributed by atoms with Gasteiger partial charge in [0, 0.05) is 18.0 Å². The summed E-state index contributed by atoms with van der Waals surface area (Å²) in [6.07, 6.45) is 3.03. The molecule has 0 saturated carbocycles. The molecule has 0 saturated heterocycles. The summed E-state index contributed by atoms with van der Waals surface area (Å²) in [5, 5.41) is 23.6. The SMILES string of the molecule is Nc1nonc1-n1nnc(C(=O)O)c1-c1ccncc1. The molecule has 20 heavy (non-hydrogen) atoms. The fourth-order valence-electron chi connectivity index (χ4n) is 1.68. The molecule has 0 spiro atoms. The van der Waals surface area contributed by atoms with Crippen molar-refractivity contribution in [2.75, 3.05) is 5.73 Å². The molecule has 3 rings (SSSR count). The van der Waals surface area contributed by atoms with Crippen LogP contribution in [0.2, 0.25) is 0 Å². The normalized spacial score (nSPS) is 10.6. The van der Waals surface area contributed by atoms with Crippen LogP contribution in [0.3, 0.4) is 0 Å². The highest BCUT2D eigenvalue weighted by Gasteiger charge is 2.24.